The van der Waals surface area contributed by atoms with Crippen LogP contribution in [0.4, 0.5) is 21.5 Å². The molecule has 144 valence electrons. The summed E-state index contributed by atoms with van der Waals surface area (Å²) in [6, 6.07) is 8.59. The van der Waals surface area contributed by atoms with Crippen molar-refractivity contribution in [3.8, 4) is 0 Å². The number of nitrogens with one attached hydrogen (secondary N) is 1. The highest BCUT2D eigenvalue weighted by Gasteiger charge is 2.22. The Balaban J connectivity index is 1.85. The van der Waals surface area contributed by atoms with E-state index in [2.05, 4.69) is 10.2 Å². The van der Waals surface area contributed by atoms with E-state index < -0.39 is 4.92 Å². The molecule has 1 saturated heterocycles. The van der Waals surface area contributed by atoms with Gasteiger partial charge in [0.05, 0.1) is 27.8 Å². The fourth-order valence-corrected chi connectivity index (χ4v) is 3.54. The van der Waals surface area contributed by atoms with E-state index in [1.807, 2.05) is 6.92 Å². The number of rotatable bonds is 5. The number of hydrogen-bond donors (Lipinski definition) is 2. The quantitative estimate of drug-likeness (QED) is 0.576. The van der Waals surface area contributed by atoms with Gasteiger partial charge in [-0.25, -0.2) is 4.39 Å². The van der Waals surface area contributed by atoms with Crippen LogP contribution in [0.1, 0.15) is 31.4 Å². The maximum absolute atomic E-state index is 13.9. The Kier molecular flexibility index (Phi) is 5.82. The lowest BCUT2D eigenvalue weighted by Gasteiger charge is -2.34. The van der Waals surface area contributed by atoms with E-state index in [1.165, 1.54) is 24.3 Å². The Morgan fingerprint density at radius 3 is 2.63 bits per heavy atom. The summed E-state index contributed by atoms with van der Waals surface area (Å²) in [6.07, 6.45) is 1.05. The summed E-state index contributed by atoms with van der Waals surface area (Å²) in [4.78, 5) is 12.5. The van der Waals surface area contributed by atoms with Gasteiger partial charge in [0, 0.05) is 36.5 Å². The number of nitrogens with zero attached hydrogens (tertiary/aromatic N) is 2. The molecule has 0 amide bonds. The lowest BCUT2D eigenvalue weighted by molar-refractivity contribution is -0.384. The van der Waals surface area contributed by atoms with E-state index in [4.69, 9.17) is 11.6 Å². The molecular weight excluding hydrogens is 373 g/mol. The van der Waals surface area contributed by atoms with E-state index in [0.717, 1.165) is 11.3 Å². The molecule has 2 N–H and O–H groups in total. The predicted molar refractivity (Wildman–Crippen MR) is 104 cm³/mol. The van der Waals surface area contributed by atoms with Gasteiger partial charge in [0.25, 0.3) is 5.69 Å². The molecule has 1 fully saturated rings. The van der Waals surface area contributed by atoms with Crippen molar-refractivity contribution < 1.29 is 14.4 Å². The first kappa shape index (κ1) is 19.4. The summed E-state index contributed by atoms with van der Waals surface area (Å²) in [5.41, 5.74) is 2.12. The van der Waals surface area contributed by atoms with Crippen molar-refractivity contribution in [2.24, 2.45) is 0 Å². The molecule has 27 heavy (non-hydrogen) atoms. The van der Waals surface area contributed by atoms with Gasteiger partial charge in [0.1, 0.15) is 5.82 Å². The van der Waals surface area contributed by atoms with Gasteiger partial charge in [0.2, 0.25) is 0 Å². The van der Waals surface area contributed by atoms with Crippen LogP contribution >= 0.6 is 11.6 Å². The highest BCUT2D eigenvalue weighted by molar-refractivity contribution is 6.33. The van der Waals surface area contributed by atoms with Gasteiger partial charge in [-0.05, 0) is 44.0 Å². The van der Waals surface area contributed by atoms with E-state index in [1.54, 1.807) is 12.1 Å². The predicted octanol–water partition coefficient (Wildman–Crippen LogP) is 4.52. The molecule has 0 bridgehead atoms. The molecule has 0 saturated carbocycles. The number of anilines is 2. The molecule has 0 radical (unpaired) electrons. The summed E-state index contributed by atoms with van der Waals surface area (Å²) >= 11 is 6.16. The number of benzene rings is 2. The molecule has 6 nitrogen and oxygen atoms in total. The molecule has 1 unspecified atom stereocenters. The molecule has 1 heterocycles. The van der Waals surface area contributed by atoms with Gasteiger partial charge in [-0.3, -0.25) is 10.1 Å². The summed E-state index contributed by atoms with van der Waals surface area (Å²) < 4.78 is 13.9. The Bertz CT molecular complexity index is 841. The average molecular weight is 394 g/mol. The van der Waals surface area contributed by atoms with Crippen molar-refractivity contribution in [2.75, 3.05) is 23.3 Å². The molecule has 1 aliphatic heterocycles. The van der Waals surface area contributed by atoms with Crippen LogP contribution in [0.25, 0.3) is 0 Å². The molecule has 8 heteroatoms. The molecule has 1 aliphatic rings. The second-order valence-corrected chi connectivity index (χ2v) is 7.12. The first-order valence-corrected chi connectivity index (χ1v) is 9.16. The standard InChI is InChI=1S/C19H21ClFN3O3/c1-12(22-18-4-3-14(24(26)27)11-17(18)20)16-10-13(21)2-5-19(16)23-8-6-15(25)7-9-23/h2-5,10-12,15,22,25H,6-9H2,1H3. The van der Waals surface area contributed by atoms with E-state index in [9.17, 15) is 19.6 Å². The van der Waals surface area contributed by atoms with Crippen LogP contribution in [0.2, 0.25) is 5.02 Å². The number of nitro groups is 1. The fraction of sp³-hybridized carbons (Fsp3) is 0.368. The molecule has 0 aromatic heterocycles. The zero-order valence-corrected chi connectivity index (χ0v) is 15.6. The van der Waals surface area contributed by atoms with Crippen LogP contribution in [0.5, 0.6) is 0 Å². The van der Waals surface area contributed by atoms with Gasteiger partial charge in [0.15, 0.2) is 0 Å². The summed E-state index contributed by atoms with van der Waals surface area (Å²) in [7, 11) is 0. The zero-order valence-electron chi connectivity index (χ0n) is 14.9. The number of non-ortho nitro benzene ring substituents is 1. The second-order valence-electron chi connectivity index (χ2n) is 6.71. The van der Waals surface area contributed by atoms with Crippen molar-refractivity contribution in [2.45, 2.75) is 31.9 Å². The molecule has 0 spiro atoms. The molecule has 3 rings (SSSR count). The number of nitro benzene ring substituents is 1. The van der Waals surface area contributed by atoms with Gasteiger partial charge in [-0.1, -0.05) is 11.6 Å². The first-order chi connectivity index (χ1) is 12.8. The Morgan fingerprint density at radius 2 is 2.00 bits per heavy atom. The molecule has 1 atom stereocenters. The van der Waals surface area contributed by atoms with Crippen LogP contribution in [0, 0.1) is 15.9 Å². The van der Waals surface area contributed by atoms with Gasteiger partial charge in [-0.15, -0.1) is 0 Å². The SMILES string of the molecule is CC(Nc1ccc([N+](=O)[O-])cc1Cl)c1cc(F)ccc1N1CCC(O)CC1. The van der Waals surface area contributed by atoms with E-state index in [-0.39, 0.29) is 28.7 Å². The smallest absolute Gasteiger partial charge is 0.271 e. The minimum Gasteiger partial charge on any atom is -0.393 e. The fourth-order valence-electron chi connectivity index (χ4n) is 3.31. The van der Waals surface area contributed by atoms with Gasteiger partial charge >= 0.3 is 0 Å². The summed E-state index contributed by atoms with van der Waals surface area (Å²) in [5.74, 6) is -0.339. The van der Waals surface area contributed by atoms with Crippen molar-refractivity contribution >= 4 is 28.7 Å². The average Bonchev–Trinajstić information content (AvgIpc) is 2.64. The summed E-state index contributed by atoms with van der Waals surface area (Å²) in [6.45, 7) is 3.28. The van der Waals surface area contributed by atoms with Gasteiger partial charge < -0.3 is 15.3 Å². The van der Waals surface area contributed by atoms with E-state index >= 15 is 0 Å². The minimum atomic E-state index is -0.505. The lowest BCUT2D eigenvalue weighted by Crippen LogP contribution is -2.36. The van der Waals surface area contributed by atoms with Crippen LogP contribution in [-0.2, 0) is 0 Å². The first-order valence-electron chi connectivity index (χ1n) is 8.78. The van der Waals surface area contributed by atoms with Crippen molar-refractivity contribution in [3.05, 3.63) is 62.9 Å². The normalized spacial score (nSPS) is 16.2. The lowest BCUT2D eigenvalue weighted by atomic mass is 10.0. The molecule has 2 aromatic carbocycles. The topological polar surface area (TPSA) is 78.6 Å². The van der Waals surface area contributed by atoms with Crippen molar-refractivity contribution in [1.82, 2.24) is 0 Å². The van der Waals surface area contributed by atoms with Crippen molar-refractivity contribution in [3.63, 3.8) is 0 Å². The largest absolute Gasteiger partial charge is 0.393 e. The van der Waals surface area contributed by atoms with Crippen LogP contribution in [-0.4, -0.2) is 29.2 Å². The zero-order chi connectivity index (χ0) is 19.6. The van der Waals surface area contributed by atoms with E-state index in [0.29, 0.717) is 31.6 Å². The number of halogens is 2. The number of hydrogen-bond acceptors (Lipinski definition) is 5. The van der Waals surface area contributed by atoms with Crippen LogP contribution in [0.3, 0.4) is 0 Å². The summed E-state index contributed by atoms with van der Waals surface area (Å²) in [5, 5.41) is 24.0. The second kappa shape index (κ2) is 8.10. The Hall–Kier alpha value is -2.38. The number of aliphatic hydroxyl groups is 1. The Labute approximate surface area is 161 Å². The monoisotopic (exact) mass is 393 g/mol. The highest BCUT2D eigenvalue weighted by atomic mass is 35.5. The molecule has 2 aromatic rings. The number of aliphatic hydroxyl groups excluding tert-OH is 1. The maximum atomic E-state index is 13.9. The third-order valence-electron chi connectivity index (χ3n) is 4.80. The third-order valence-corrected chi connectivity index (χ3v) is 5.11. The molecule has 0 aliphatic carbocycles. The van der Waals surface area contributed by atoms with Crippen molar-refractivity contribution in [1.29, 1.82) is 0 Å². The maximum Gasteiger partial charge on any atom is 0.271 e. The number of piperidine rings is 1. The van der Waals surface area contributed by atoms with Crippen LogP contribution < -0.4 is 10.2 Å². The van der Waals surface area contributed by atoms with Gasteiger partial charge in [-0.2, -0.15) is 0 Å². The Morgan fingerprint density at radius 1 is 1.30 bits per heavy atom. The van der Waals surface area contributed by atoms with Crippen LogP contribution in [0.15, 0.2) is 36.4 Å². The third kappa shape index (κ3) is 4.48. The molecular formula is C19H21ClFN3O3. The highest BCUT2D eigenvalue weighted by Crippen LogP contribution is 2.34. The minimum absolute atomic E-state index is 0.0866.